The van der Waals surface area contributed by atoms with Gasteiger partial charge in [0.05, 0.1) is 0 Å². The number of hydrogen-bond acceptors (Lipinski definition) is 3. The quantitative estimate of drug-likeness (QED) is 0.477. The van der Waals surface area contributed by atoms with E-state index < -0.39 is 4.92 Å². The summed E-state index contributed by atoms with van der Waals surface area (Å²) in [5.74, 6) is -0.0972. The first-order valence-corrected chi connectivity index (χ1v) is 3.78. The van der Waals surface area contributed by atoms with Crippen molar-refractivity contribution in [3.8, 4) is 0 Å². The van der Waals surface area contributed by atoms with Crippen LogP contribution in [0.5, 0.6) is 0 Å². The third-order valence-corrected chi connectivity index (χ3v) is 1.06. The fourth-order valence-corrected chi connectivity index (χ4v) is 0.630. The molecule has 0 aliphatic rings. The van der Waals surface area contributed by atoms with Gasteiger partial charge in [-0.15, -0.1) is 0 Å². The zero-order valence-corrected chi connectivity index (χ0v) is 7.44. The third-order valence-electron chi connectivity index (χ3n) is 1.06. The fourth-order valence-electron chi connectivity index (χ4n) is 0.630. The van der Waals surface area contributed by atoms with Crippen LogP contribution in [0.15, 0.2) is 18.2 Å². The van der Waals surface area contributed by atoms with Gasteiger partial charge in [-0.1, -0.05) is 13.8 Å². The second kappa shape index (κ2) is 5.23. The van der Waals surface area contributed by atoms with E-state index in [4.69, 9.17) is 0 Å². The summed E-state index contributed by atoms with van der Waals surface area (Å²) in [6.45, 7) is 5.72. The summed E-state index contributed by atoms with van der Waals surface area (Å²) in [6, 6.07) is 4.69. The molecule has 4 nitrogen and oxygen atoms in total. The molecule has 0 amide bonds. The second-order valence-electron chi connectivity index (χ2n) is 1.89. The molecule has 1 aromatic rings. The Bertz CT molecular complexity index is 261. The van der Waals surface area contributed by atoms with Crippen LogP contribution in [0.2, 0.25) is 0 Å². The molecule has 66 valence electrons. The van der Waals surface area contributed by atoms with Crippen molar-refractivity contribution in [2.75, 3.05) is 0 Å². The molecule has 0 bridgehead atoms. The highest BCUT2D eigenvalue weighted by Gasteiger charge is 2.04. The maximum Gasteiger partial charge on any atom is 0.363 e. The van der Waals surface area contributed by atoms with Crippen molar-refractivity contribution in [3.05, 3.63) is 34.0 Å². The molecule has 0 radical (unpaired) electrons. The third kappa shape index (κ3) is 3.09. The van der Waals surface area contributed by atoms with Gasteiger partial charge < -0.3 is 10.1 Å². The molecule has 0 saturated carbocycles. The molecule has 0 unspecified atom stereocenters. The van der Waals surface area contributed by atoms with Crippen molar-refractivity contribution in [1.29, 1.82) is 0 Å². The molecule has 1 heterocycles. The predicted octanol–water partition coefficient (Wildman–Crippen LogP) is 2.32. The van der Waals surface area contributed by atoms with Crippen molar-refractivity contribution in [2.45, 2.75) is 20.8 Å². The average Bonchev–Trinajstić information content (AvgIpc) is 2.08. The molecule has 0 N–H and O–H groups in total. The van der Waals surface area contributed by atoms with Crippen LogP contribution in [0.25, 0.3) is 0 Å². The zero-order chi connectivity index (χ0) is 9.56. The number of hydrogen-bond donors (Lipinski definition) is 0. The summed E-state index contributed by atoms with van der Waals surface area (Å²) in [5.41, 5.74) is 0.661. The second-order valence-corrected chi connectivity index (χ2v) is 1.89. The Morgan fingerprint density at radius 2 is 2.00 bits per heavy atom. The van der Waals surface area contributed by atoms with Gasteiger partial charge in [-0.2, -0.15) is 0 Å². The maximum absolute atomic E-state index is 10.1. The molecule has 0 spiro atoms. The largest absolute Gasteiger partial charge is 0.363 e. The van der Waals surface area contributed by atoms with Crippen LogP contribution in [0.3, 0.4) is 0 Å². The number of aryl methyl sites for hydroxylation is 1. The Labute approximate surface area is 71.4 Å². The van der Waals surface area contributed by atoms with Crippen molar-refractivity contribution in [2.24, 2.45) is 0 Å². The van der Waals surface area contributed by atoms with E-state index in [-0.39, 0.29) is 5.82 Å². The Morgan fingerprint density at radius 1 is 1.42 bits per heavy atom. The minimum atomic E-state index is -0.507. The van der Waals surface area contributed by atoms with E-state index in [2.05, 4.69) is 4.98 Å². The van der Waals surface area contributed by atoms with Gasteiger partial charge in [0.15, 0.2) is 0 Å². The van der Waals surface area contributed by atoms with E-state index in [1.807, 2.05) is 13.8 Å². The maximum atomic E-state index is 10.1. The first kappa shape index (κ1) is 10.6. The van der Waals surface area contributed by atoms with E-state index in [1.54, 1.807) is 19.1 Å². The molecular weight excluding hydrogens is 156 g/mol. The van der Waals surface area contributed by atoms with Gasteiger partial charge in [0.25, 0.3) is 0 Å². The minimum absolute atomic E-state index is 0.0972. The molecule has 1 rings (SSSR count). The Morgan fingerprint density at radius 3 is 2.33 bits per heavy atom. The summed E-state index contributed by atoms with van der Waals surface area (Å²) in [6.07, 6.45) is 0. The number of aromatic nitrogens is 1. The molecule has 0 aromatic carbocycles. The van der Waals surface area contributed by atoms with Gasteiger partial charge in [-0.25, -0.2) is 0 Å². The Hall–Kier alpha value is -1.45. The number of nitrogens with zero attached hydrogens (tertiary/aromatic N) is 2. The highest BCUT2D eigenvalue weighted by atomic mass is 16.6. The molecule has 12 heavy (non-hydrogen) atoms. The van der Waals surface area contributed by atoms with Crippen molar-refractivity contribution >= 4 is 5.82 Å². The highest BCUT2D eigenvalue weighted by Crippen LogP contribution is 2.05. The van der Waals surface area contributed by atoms with E-state index in [0.29, 0.717) is 5.69 Å². The lowest BCUT2D eigenvalue weighted by Crippen LogP contribution is -1.91. The van der Waals surface area contributed by atoms with Crippen LogP contribution in [0.1, 0.15) is 19.5 Å². The molecule has 4 heteroatoms. The van der Waals surface area contributed by atoms with Gasteiger partial charge in [0.1, 0.15) is 5.69 Å². The zero-order valence-electron chi connectivity index (χ0n) is 7.44. The summed E-state index contributed by atoms with van der Waals surface area (Å²) in [4.78, 5) is 13.3. The minimum Gasteiger partial charge on any atom is -0.358 e. The van der Waals surface area contributed by atoms with Gasteiger partial charge in [0, 0.05) is 13.0 Å². The Kier molecular flexibility index (Phi) is 4.60. The molecule has 1 aromatic heterocycles. The van der Waals surface area contributed by atoms with E-state index in [1.165, 1.54) is 6.07 Å². The van der Waals surface area contributed by atoms with Crippen LogP contribution < -0.4 is 0 Å². The molecular formula is C8H12N2O2. The first-order chi connectivity index (χ1) is 5.70. The van der Waals surface area contributed by atoms with Gasteiger partial charge in [-0.3, -0.25) is 0 Å². The molecule has 0 atom stereocenters. The number of nitro groups is 1. The summed E-state index contributed by atoms with van der Waals surface area (Å²) in [5, 5.41) is 10.1. The number of rotatable bonds is 1. The van der Waals surface area contributed by atoms with Crippen LogP contribution >= 0.6 is 0 Å². The Balaban J connectivity index is 0.000000561. The van der Waals surface area contributed by atoms with Crippen LogP contribution in [-0.2, 0) is 0 Å². The van der Waals surface area contributed by atoms with Crippen molar-refractivity contribution in [3.63, 3.8) is 0 Å². The molecule has 0 aliphatic heterocycles. The summed E-state index contributed by atoms with van der Waals surface area (Å²) < 4.78 is 0. The SMILES string of the molecule is CC.Cc1cccc([N+](=O)[O-])n1. The molecule has 0 fully saturated rings. The van der Waals surface area contributed by atoms with E-state index in [0.717, 1.165) is 0 Å². The van der Waals surface area contributed by atoms with Crippen molar-refractivity contribution < 1.29 is 4.92 Å². The lowest BCUT2D eigenvalue weighted by atomic mass is 10.4. The van der Waals surface area contributed by atoms with Crippen molar-refractivity contribution in [1.82, 2.24) is 4.98 Å². The van der Waals surface area contributed by atoms with Crippen LogP contribution in [0, 0.1) is 17.0 Å². The lowest BCUT2D eigenvalue weighted by molar-refractivity contribution is -0.389. The molecule has 0 saturated heterocycles. The van der Waals surface area contributed by atoms with E-state index >= 15 is 0 Å². The average molecular weight is 168 g/mol. The van der Waals surface area contributed by atoms with E-state index in [9.17, 15) is 10.1 Å². The lowest BCUT2D eigenvalue weighted by Gasteiger charge is -1.89. The monoisotopic (exact) mass is 168 g/mol. The normalized spacial score (nSPS) is 8.25. The predicted molar refractivity (Wildman–Crippen MR) is 47.0 cm³/mol. The molecule has 0 aliphatic carbocycles. The smallest absolute Gasteiger partial charge is 0.358 e. The van der Waals surface area contributed by atoms with Gasteiger partial charge in [0.2, 0.25) is 0 Å². The van der Waals surface area contributed by atoms with Gasteiger partial charge >= 0.3 is 5.82 Å². The topological polar surface area (TPSA) is 56.0 Å². The first-order valence-electron chi connectivity index (χ1n) is 3.78. The van der Waals surface area contributed by atoms with Gasteiger partial charge in [-0.05, 0) is 22.0 Å². The van der Waals surface area contributed by atoms with Crippen LogP contribution in [-0.4, -0.2) is 9.91 Å². The fraction of sp³-hybridized carbons (Fsp3) is 0.375. The van der Waals surface area contributed by atoms with Crippen LogP contribution in [0.4, 0.5) is 5.82 Å². The summed E-state index contributed by atoms with van der Waals surface area (Å²) in [7, 11) is 0. The standard InChI is InChI=1S/C6H6N2O2.C2H6/c1-5-3-2-4-6(7-5)8(9)10;1-2/h2-4H,1H3;1-2H3. The number of pyridine rings is 1. The summed E-state index contributed by atoms with van der Waals surface area (Å²) >= 11 is 0. The highest BCUT2D eigenvalue weighted by molar-refractivity contribution is 5.20.